The van der Waals surface area contributed by atoms with Crippen molar-refractivity contribution in [1.82, 2.24) is 5.32 Å². The lowest BCUT2D eigenvalue weighted by atomic mass is 9.94. The van der Waals surface area contributed by atoms with Crippen LogP contribution in [0.15, 0.2) is 24.3 Å². The fourth-order valence-electron chi connectivity index (χ4n) is 2.30. The van der Waals surface area contributed by atoms with E-state index in [1.165, 1.54) is 5.56 Å². The minimum atomic E-state index is -0.342. The van der Waals surface area contributed by atoms with Crippen LogP contribution in [0.2, 0.25) is 0 Å². The highest BCUT2D eigenvalue weighted by Crippen LogP contribution is 2.24. The molecule has 0 aromatic heterocycles. The van der Waals surface area contributed by atoms with Gasteiger partial charge in [0.05, 0.1) is 12.2 Å². The molecule has 1 aromatic carbocycles. The van der Waals surface area contributed by atoms with Crippen LogP contribution < -0.4 is 5.32 Å². The molecule has 1 aromatic rings. The number of carbonyl (C=O) groups is 1. The summed E-state index contributed by atoms with van der Waals surface area (Å²) in [6.45, 7) is 5.14. The zero-order valence-electron chi connectivity index (χ0n) is 12.4. The molecule has 0 radical (unpaired) electrons. The van der Waals surface area contributed by atoms with Crippen LogP contribution in [-0.4, -0.2) is 31.8 Å². The summed E-state index contributed by atoms with van der Waals surface area (Å²) >= 11 is 0. The summed E-state index contributed by atoms with van der Waals surface area (Å²) in [6, 6.07) is 7.69. The van der Waals surface area contributed by atoms with Crippen molar-refractivity contribution in [3.63, 3.8) is 0 Å². The van der Waals surface area contributed by atoms with E-state index in [1.54, 1.807) is 7.11 Å². The van der Waals surface area contributed by atoms with Gasteiger partial charge in [0.2, 0.25) is 0 Å². The van der Waals surface area contributed by atoms with Crippen LogP contribution in [0.25, 0.3) is 0 Å². The number of fused-ring (bicyclic) bond motifs is 1. The first-order valence-electron chi connectivity index (χ1n) is 7.06. The number of nitrogens with one attached hydrogen (secondary N) is 1. The van der Waals surface area contributed by atoms with Crippen LogP contribution in [0.3, 0.4) is 0 Å². The number of hydrogen-bond donors (Lipinski definition) is 1. The third kappa shape index (κ3) is 3.58. The Bertz CT molecular complexity index is 471. The molecular weight excluding hydrogens is 254 g/mol. The second kappa shape index (κ2) is 6.37. The fourth-order valence-corrected chi connectivity index (χ4v) is 2.30. The third-order valence-electron chi connectivity index (χ3n) is 3.85. The van der Waals surface area contributed by atoms with E-state index in [2.05, 4.69) is 11.4 Å². The van der Waals surface area contributed by atoms with E-state index in [0.29, 0.717) is 13.0 Å². The van der Waals surface area contributed by atoms with E-state index in [-0.39, 0.29) is 17.6 Å². The molecule has 0 fully saturated rings. The summed E-state index contributed by atoms with van der Waals surface area (Å²) in [5, 5.41) is 3.23. The van der Waals surface area contributed by atoms with Gasteiger partial charge in [-0.2, -0.15) is 0 Å². The van der Waals surface area contributed by atoms with Gasteiger partial charge in [0, 0.05) is 20.1 Å². The first-order chi connectivity index (χ1) is 9.53. The Balaban J connectivity index is 1.94. The minimum Gasteiger partial charge on any atom is -0.464 e. The molecule has 2 rings (SSSR count). The number of methoxy groups -OCH3 is 1. The molecule has 1 atom stereocenters. The van der Waals surface area contributed by atoms with Gasteiger partial charge in [-0.3, -0.25) is 0 Å². The average Bonchev–Trinajstić information content (AvgIpc) is 2.46. The number of hydrogen-bond acceptors (Lipinski definition) is 4. The smallest absolute Gasteiger partial charge is 0.327 e. The Morgan fingerprint density at radius 2 is 2.15 bits per heavy atom. The van der Waals surface area contributed by atoms with Crippen molar-refractivity contribution in [2.45, 2.75) is 38.3 Å². The van der Waals surface area contributed by atoms with Crippen LogP contribution in [-0.2, 0) is 20.7 Å². The largest absolute Gasteiger partial charge is 0.464 e. The van der Waals surface area contributed by atoms with Gasteiger partial charge < -0.3 is 14.8 Å². The normalized spacial score (nSPS) is 18.4. The zero-order chi connectivity index (χ0) is 14.6. The van der Waals surface area contributed by atoms with Gasteiger partial charge in [0.15, 0.2) is 0 Å². The maximum atomic E-state index is 12.2. The molecule has 1 heterocycles. The van der Waals surface area contributed by atoms with Gasteiger partial charge >= 0.3 is 5.97 Å². The first-order valence-corrected chi connectivity index (χ1v) is 7.06. The lowest BCUT2D eigenvalue weighted by molar-refractivity contribution is -0.148. The topological polar surface area (TPSA) is 47.6 Å². The van der Waals surface area contributed by atoms with E-state index >= 15 is 0 Å². The molecule has 20 heavy (non-hydrogen) atoms. The first kappa shape index (κ1) is 15.0. The van der Waals surface area contributed by atoms with Crippen LogP contribution >= 0.6 is 0 Å². The maximum absolute atomic E-state index is 12.2. The summed E-state index contributed by atoms with van der Waals surface area (Å²) in [5.41, 5.74) is 2.00. The second-order valence-corrected chi connectivity index (χ2v) is 5.72. The lowest BCUT2D eigenvalue weighted by Gasteiger charge is -2.26. The van der Waals surface area contributed by atoms with E-state index in [9.17, 15) is 4.79 Å². The van der Waals surface area contributed by atoms with Crippen molar-refractivity contribution in [2.24, 2.45) is 0 Å². The molecule has 1 aliphatic heterocycles. The van der Waals surface area contributed by atoms with Gasteiger partial charge in [-0.05, 0) is 31.4 Å². The number of rotatable bonds is 5. The van der Waals surface area contributed by atoms with Gasteiger partial charge in [-0.15, -0.1) is 0 Å². The average molecular weight is 277 g/mol. The zero-order valence-corrected chi connectivity index (χ0v) is 12.4. The third-order valence-corrected chi connectivity index (χ3v) is 3.85. The number of ether oxygens (including phenoxy) is 2. The molecule has 0 bridgehead atoms. The molecule has 1 aliphatic rings. The van der Waals surface area contributed by atoms with Crippen molar-refractivity contribution < 1.29 is 14.3 Å². The molecule has 0 aliphatic carbocycles. The quantitative estimate of drug-likeness (QED) is 0.838. The SMILES string of the molecule is COC(C)(C)CCOC(=O)C1NCCc2ccccc21. The van der Waals surface area contributed by atoms with E-state index in [1.807, 2.05) is 32.0 Å². The summed E-state index contributed by atoms with van der Waals surface area (Å²) in [4.78, 5) is 12.2. The van der Waals surface area contributed by atoms with Crippen LogP contribution in [0, 0.1) is 0 Å². The molecule has 110 valence electrons. The standard InChI is InChI=1S/C16H23NO3/c1-16(2,19-3)9-11-20-15(18)14-13-7-5-4-6-12(13)8-10-17-14/h4-7,14,17H,8-11H2,1-3H3. The van der Waals surface area contributed by atoms with Crippen molar-refractivity contribution in [3.8, 4) is 0 Å². The molecule has 0 saturated heterocycles. The molecule has 0 spiro atoms. The second-order valence-electron chi connectivity index (χ2n) is 5.72. The van der Waals surface area contributed by atoms with Crippen LogP contribution in [0.5, 0.6) is 0 Å². The molecule has 0 amide bonds. The maximum Gasteiger partial charge on any atom is 0.327 e. The highest BCUT2D eigenvalue weighted by atomic mass is 16.5. The molecular formula is C16H23NO3. The predicted molar refractivity (Wildman–Crippen MR) is 77.6 cm³/mol. The minimum absolute atomic E-state index is 0.205. The molecule has 1 unspecified atom stereocenters. The van der Waals surface area contributed by atoms with E-state index in [0.717, 1.165) is 18.5 Å². The van der Waals surface area contributed by atoms with Gasteiger partial charge in [0.25, 0.3) is 0 Å². The lowest BCUT2D eigenvalue weighted by Crippen LogP contribution is -2.36. The highest BCUT2D eigenvalue weighted by Gasteiger charge is 2.27. The Kier molecular flexibility index (Phi) is 4.78. The van der Waals surface area contributed by atoms with Crippen LogP contribution in [0.1, 0.15) is 37.4 Å². The molecule has 1 N–H and O–H groups in total. The Morgan fingerprint density at radius 1 is 1.40 bits per heavy atom. The van der Waals surface area contributed by atoms with Gasteiger partial charge in [-0.1, -0.05) is 24.3 Å². The number of esters is 1. The number of carbonyl (C=O) groups excluding carboxylic acids is 1. The van der Waals surface area contributed by atoms with Crippen molar-refractivity contribution in [2.75, 3.05) is 20.3 Å². The van der Waals surface area contributed by atoms with Crippen molar-refractivity contribution in [1.29, 1.82) is 0 Å². The summed E-state index contributed by atoms with van der Waals surface area (Å²) in [7, 11) is 1.67. The Hall–Kier alpha value is -1.39. The molecule has 4 nitrogen and oxygen atoms in total. The van der Waals surface area contributed by atoms with Crippen LogP contribution in [0.4, 0.5) is 0 Å². The molecule has 4 heteroatoms. The van der Waals surface area contributed by atoms with Crippen molar-refractivity contribution >= 4 is 5.97 Å². The fraction of sp³-hybridized carbons (Fsp3) is 0.562. The number of benzene rings is 1. The van der Waals surface area contributed by atoms with E-state index in [4.69, 9.17) is 9.47 Å². The monoisotopic (exact) mass is 277 g/mol. The molecule has 0 saturated carbocycles. The predicted octanol–water partition coefficient (Wildman–Crippen LogP) is 2.23. The highest BCUT2D eigenvalue weighted by molar-refractivity contribution is 5.78. The van der Waals surface area contributed by atoms with Gasteiger partial charge in [-0.25, -0.2) is 4.79 Å². The van der Waals surface area contributed by atoms with E-state index < -0.39 is 0 Å². The van der Waals surface area contributed by atoms with Gasteiger partial charge in [0.1, 0.15) is 6.04 Å². The Morgan fingerprint density at radius 3 is 2.90 bits per heavy atom. The summed E-state index contributed by atoms with van der Waals surface area (Å²) in [6.07, 6.45) is 1.64. The van der Waals surface area contributed by atoms with Crippen molar-refractivity contribution in [3.05, 3.63) is 35.4 Å². The summed E-state index contributed by atoms with van der Waals surface area (Å²) < 4.78 is 10.7. The Labute approximate surface area is 120 Å². The summed E-state index contributed by atoms with van der Waals surface area (Å²) in [5.74, 6) is -0.205.